The van der Waals surface area contributed by atoms with Crippen LogP contribution in [0.1, 0.15) is 31.6 Å². The molecule has 1 aromatic rings. The number of carboxylic acid groups (broad SMARTS) is 1. The normalized spacial score (nSPS) is 16.2. The Labute approximate surface area is 98.9 Å². The van der Waals surface area contributed by atoms with E-state index in [2.05, 4.69) is 4.98 Å². The molecule has 0 spiro atoms. The molecular weight excluding hydrogens is 224 g/mol. The maximum absolute atomic E-state index is 11.3. The molecule has 0 saturated heterocycles. The van der Waals surface area contributed by atoms with Crippen molar-refractivity contribution in [2.75, 3.05) is 4.90 Å². The first-order valence-electron chi connectivity index (χ1n) is 5.38. The predicted octanol–water partition coefficient (Wildman–Crippen LogP) is 2.28. The Bertz CT molecular complexity index is 410. The molecule has 88 valence electrons. The summed E-state index contributed by atoms with van der Waals surface area (Å²) in [6.45, 7) is 5.47. The summed E-state index contributed by atoms with van der Waals surface area (Å²) in [6.07, 6.45) is 3.93. The maximum Gasteiger partial charge on any atom is 0.329 e. The lowest BCUT2D eigenvalue weighted by molar-refractivity contribution is -0.142. The summed E-state index contributed by atoms with van der Waals surface area (Å²) in [7, 11) is 0. The Morgan fingerprint density at radius 2 is 2.25 bits per heavy atom. The lowest BCUT2D eigenvalue weighted by Crippen LogP contribution is -2.51. The molecule has 1 fully saturated rings. The number of thiazole rings is 1. The summed E-state index contributed by atoms with van der Waals surface area (Å²) < 4.78 is 0. The summed E-state index contributed by atoms with van der Waals surface area (Å²) >= 11 is 1.56. The molecule has 1 heterocycles. The first kappa shape index (κ1) is 11.4. The number of anilines is 1. The van der Waals surface area contributed by atoms with E-state index in [-0.39, 0.29) is 0 Å². The van der Waals surface area contributed by atoms with Crippen molar-refractivity contribution in [3.05, 3.63) is 11.1 Å². The number of carbonyl (C=O) groups is 1. The van der Waals surface area contributed by atoms with E-state index >= 15 is 0 Å². The third-order valence-electron chi connectivity index (χ3n) is 2.85. The average Bonchev–Trinajstić information content (AvgIpc) is 2.90. The summed E-state index contributed by atoms with van der Waals surface area (Å²) in [6, 6.07) is 0.344. The van der Waals surface area contributed by atoms with Gasteiger partial charge in [-0.05, 0) is 33.6 Å². The van der Waals surface area contributed by atoms with E-state index in [0.29, 0.717) is 6.04 Å². The quantitative estimate of drug-likeness (QED) is 0.877. The fraction of sp³-hybridized carbons (Fsp3) is 0.636. The van der Waals surface area contributed by atoms with E-state index < -0.39 is 11.5 Å². The van der Waals surface area contributed by atoms with Crippen molar-refractivity contribution >= 4 is 22.4 Å². The smallest absolute Gasteiger partial charge is 0.329 e. The number of hydrogen-bond acceptors (Lipinski definition) is 4. The van der Waals surface area contributed by atoms with Gasteiger partial charge in [-0.25, -0.2) is 9.78 Å². The molecule has 1 N–H and O–H groups in total. The second kappa shape index (κ2) is 3.73. The van der Waals surface area contributed by atoms with E-state index in [4.69, 9.17) is 0 Å². The standard InChI is InChI=1S/C11H16N2O2S/c1-7-6-12-10(16-7)13(8-4-5-8)11(2,3)9(14)15/h6,8H,4-5H2,1-3H3,(H,14,15). The van der Waals surface area contributed by atoms with Crippen molar-refractivity contribution < 1.29 is 9.90 Å². The van der Waals surface area contributed by atoms with Crippen molar-refractivity contribution in [3.63, 3.8) is 0 Å². The Balaban J connectivity index is 2.34. The van der Waals surface area contributed by atoms with Crippen LogP contribution in [0.3, 0.4) is 0 Å². The molecule has 1 aromatic heterocycles. The number of aryl methyl sites for hydroxylation is 1. The maximum atomic E-state index is 11.3. The fourth-order valence-electron chi connectivity index (χ4n) is 1.74. The molecule has 1 aliphatic rings. The van der Waals surface area contributed by atoms with Gasteiger partial charge in [0.2, 0.25) is 0 Å². The van der Waals surface area contributed by atoms with Crippen LogP contribution in [0.4, 0.5) is 5.13 Å². The van der Waals surface area contributed by atoms with Gasteiger partial charge in [-0.3, -0.25) is 0 Å². The second-order valence-corrected chi connectivity index (χ2v) is 5.93. The van der Waals surface area contributed by atoms with Gasteiger partial charge in [-0.1, -0.05) is 0 Å². The Hall–Kier alpha value is -1.10. The van der Waals surface area contributed by atoms with Crippen LogP contribution < -0.4 is 4.90 Å². The highest BCUT2D eigenvalue weighted by Crippen LogP contribution is 2.39. The Kier molecular flexibility index (Phi) is 2.66. The molecule has 4 nitrogen and oxygen atoms in total. The van der Waals surface area contributed by atoms with E-state index in [1.54, 1.807) is 31.4 Å². The molecular formula is C11H16N2O2S. The zero-order chi connectivity index (χ0) is 11.9. The molecule has 2 rings (SSSR count). The third-order valence-corrected chi connectivity index (χ3v) is 3.76. The van der Waals surface area contributed by atoms with Gasteiger partial charge in [-0.2, -0.15) is 0 Å². The van der Waals surface area contributed by atoms with Gasteiger partial charge >= 0.3 is 5.97 Å². The molecule has 16 heavy (non-hydrogen) atoms. The second-order valence-electron chi connectivity index (χ2n) is 4.72. The third kappa shape index (κ3) is 1.91. The van der Waals surface area contributed by atoms with Gasteiger partial charge in [0.15, 0.2) is 5.13 Å². The van der Waals surface area contributed by atoms with Crippen molar-refractivity contribution in [3.8, 4) is 0 Å². The van der Waals surface area contributed by atoms with Crippen molar-refractivity contribution in [1.29, 1.82) is 0 Å². The first-order valence-corrected chi connectivity index (χ1v) is 6.19. The van der Waals surface area contributed by atoms with Crippen molar-refractivity contribution in [1.82, 2.24) is 4.98 Å². The summed E-state index contributed by atoms with van der Waals surface area (Å²) in [4.78, 5) is 18.7. The Morgan fingerprint density at radius 3 is 2.62 bits per heavy atom. The lowest BCUT2D eigenvalue weighted by atomic mass is 10.0. The van der Waals surface area contributed by atoms with Gasteiger partial charge < -0.3 is 10.0 Å². The number of rotatable bonds is 4. The molecule has 0 amide bonds. The van der Waals surface area contributed by atoms with Gasteiger partial charge in [0, 0.05) is 17.1 Å². The molecule has 0 aliphatic heterocycles. The topological polar surface area (TPSA) is 53.4 Å². The van der Waals surface area contributed by atoms with Crippen LogP contribution in [-0.2, 0) is 4.79 Å². The largest absolute Gasteiger partial charge is 0.480 e. The summed E-state index contributed by atoms with van der Waals surface area (Å²) in [5, 5.41) is 10.1. The number of aliphatic carboxylic acids is 1. The Morgan fingerprint density at radius 1 is 1.62 bits per heavy atom. The zero-order valence-electron chi connectivity index (χ0n) is 9.73. The van der Waals surface area contributed by atoms with Crippen molar-refractivity contribution in [2.24, 2.45) is 0 Å². The minimum atomic E-state index is -0.883. The number of nitrogens with zero attached hydrogens (tertiary/aromatic N) is 2. The van der Waals surface area contributed by atoms with Crippen LogP contribution in [0.5, 0.6) is 0 Å². The van der Waals surface area contributed by atoms with Gasteiger partial charge in [0.05, 0.1) is 0 Å². The van der Waals surface area contributed by atoms with Crippen molar-refractivity contribution in [2.45, 2.75) is 45.2 Å². The summed E-state index contributed by atoms with van der Waals surface area (Å²) in [5.41, 5.74) is -0.883. The van der Waals surface area contributed by atoms with Gasteiger partial charge in [0.25, 0.3) is 0 Å². The van der Waals surface area contributed by atoms with Gasteiger partial charge in [0.1, 0.15) is 5.54 Å². The average molecular weight is 240 g/mol. The van der Waals surface area contributed by atoms with Crippen LogP contribution in [0.25, 0.3) is 0 Å². The highest BCUT2D eigenvalue weighted by atomic mass is 32.1. The minimum Gasteiger partial charge on any atom is -0.480 e. The highest BCUT2D eigenvalue weighted by molar-refractivity contribution is 7.15. The predicted molar refractivity (Wildman–Crippen MR) is 64.1 cm³/mol. The highest BCUT2D eigenvalue weighted by Gasteiger charge is 2.44. The zero-order valence-corrected chi connectivity index (χ0v) is 10.5. The fourth-order valence-corrected chi connectivity index (χ4v) is 2.72. The SMILES string of the molecule is Cc1cnc(N(C2CC2)C(C)(C)C(=O)O)s1. The lowest BCUT2D eigenvalue weighted by Gasteiger charge is -2.35. The van der Waals surface area contributed by atoms with Crippen LogP contribution in [-0.4, -0.2) is 27.6 Å². The minimum absolute atomic E-state index is 0.344. The molecule has 5 heteroatoms. The number of carboxylic acids is 1. The molecule has 0 unspecified atom stereocenters. The van der Waals surface area contributed by atoms with E-state index in [9.17, 15) is 9.90 Å². The summed E-state index contributed by atoms with van der Waals surface area (Å²) in [5.74, 6) is -0.799. The van der Waals surface area contributed by atoms with Crippen LogP contribution >= 0.6 is 11.3 Å². The van der Waals surface area contributed by atoms with E-state index in [0.717, 1.165) is 22.9 Å². The van der Waals surface area contributed by atoms with Crippen LogP contribution in [0.2, 0.25) is 0 Å². The van der Waals surface area contributed by atoms with Crippen LogP contribution in [0.15, 0.2) is 6.20 Å². The van der Waals surface area contributed by atoms with E-state index in [1.165, 1.54) is 0 Å². The molecule has 0 bridgehead atoms. The van der Waals surface area contributed by atoms with Gasteiger partial charge in [-0.15, -0.1) is 11.3 Å². The first-order chi connectivity index (χ1) is 7.43. The van der Waals surface area contributed by atoms with Crippen LogP contribution in [0, 0.1) is 6.92 Å². The number of aromatic nitrogens is 1. The molecule has 0 aromatic carbocycles. The molecule has 1 saturated carbocycles. The number of hydrogen-bond donors (Lipinski definition) is 1. The molecule has 0 atom stereocenters. The molecule has 1 aliphatic carbocycles. The molecule has 0 radical (unpaired) electrons. The monoisotopic (exact) mass is 240 g/mol. The van der Waals surface area contributed by atoms with E-state index in [1.807, 2.05) is 11.8 Å².